The van der Waals surface area contributed by atoms with Gasteiger partial charge in [0.2, 0.25) is 11.8 Å². The van der Waals surface area contributed by atoms with E-state index >= 15 is 0 Å². The second-order valence-electron chi connectivity index (χ2n) is 7.12. The lowest BCUT2D eigenvalue weighted by atomic mass is 10.2. The molecule has 8 heteroatoms. The van der Waals surface area contributed by atoms with Gasteiger partial charge in [-0.3, -0.25) is 0 Å². The summed E-state index contributed by atoms with van der Waals surface area (Å²) in [6.45, 7) is 2.16. The van der Waals surface area contributed by atoms with Crippen LogP contribution in [0.25, 0.3) is 11.0 Å². The molecule has 4 rings (SSSR count). The lowest BCUT2D eigenvalue weighted by Gasteiger charge is -2.09. The standard InChI is InChI=1S/C24H23N3O5/c1-15-8-11-22(26-23(15)29-3)32-18-9-10-19-20(13-18)27(2)21(25-19)14-31-17-7-5-6-16(12-17)24(28)30-4/h5-13H,14H2,1-4H3. The SMILES string of the molecule is COC(=O)c1cccc(OCc2nc3ccc(Oc4ccc(C)c(OC)n4)cc3n2C)c1. The summed E-state index contributed by atoms with van der Waals surface area (Å²) < 4.78 is 23.7. The molecule has 2 aromatic carbocycles. The van der Waals surface area contributed by atoms with Crippen LogP contribution in [0, 0.1) is 6.92 Å². The molecule has 0 unspecified atom stereocenters. The van der Waals surface area contributed by atoms with Crippen molar-refractivity contribution in [1.82, 2.24) is 14.5 Å². The molecular weight excluding hydrogens is 410 g/mol. The van der Waals surface area contributed by atoms with Gasteiger partial charge in [-0.05, 0) is 43.3 Å². The molecule has 0 atom stereocenters. The van der Waals surface area contributed by atoms with Crippen molar-refractivity contribution >= 4 is 17.0 Å². The predicted molar refractivity (Wildman–Crippen MR) is 118 cm³/mol. The van der Waals surface area contributed by atoms with Crippen molar-refractivity contribution in [3.63, 3.8) is 0 Å². The van der Waals surface area contributed by atoms with Crippen LogP contribution in [0.1, 0.15) is 21.7 Å². The Balaban J connectivity index is 1.52. The molecule has 2 heterocycles. The van der Waals surface area contributed by atoms with Crippen LogP contribution in [0.3, 0.4) is 0 Å². The van der Waals surface area contributed by atoms with Crippen molar-refractivity contribution in [3.05, 3.63) is 71.5 Å². The fourth-order valence-corrected chi connectivity index (χ4v) is 3.27. The van der Waals surface area contributed by atoms with Crippen LogP contribution in [-0.4, -0.2) is 34.7 Å². The number of hydrogen-bond acceptors (Lipinski definition) is 7. The molecule has 0 spiro atoms. The zero-order valence-corrected chi connectivity index (χ0v) is 18.3. The van der Waals surface area contributed by atoms with Crippen LogP contribution in [-0.2, 0) is 18.4 Å². The number of carbonyl (C=O) groups is 1. The molecule has 0 aliphatic heterocycles. The highest BCUT2D eigenvalue weighted by atomic mass is 16.5. The van der Waals surface area contributed by atoms with E-state index in [1.807, 2.05) is 42.8 Å². The van der Waals surface area contributed by atoms with Crippen molar-refractivity contribution in [2.24, 2.45) is 7.05 Å². The van der Waals surface area contributed by atoms with E-state index in [9.17, 15) is 4.79 Å². The summed E-state index contributed by atoms with van der Waals surface area (Å²) in [4.78, 5) is 20.7. The summed E-state index contributed by atoms with van der Waals surface area (Å²) in [6.07, 6.45) is 0. The maximum Gasteiger partial charge on any atom is 0.337 e. The van der Waals surface area contributed by atoms with Gasteiger partial charge in [0, 0.05) is 24.7 Å². The van der Waals surface area contributed by atoms with Crippen molar-refractivity contribution in [3.8, 4) is 23.3 Å². The van der Waals surface area contributed by atoms with Gasteiger partial charge in [-0.25, -0.2) is 9.78 Å². The van der Waals surface area contributed by atoms with E-state index in [1.165, 1.54) is 7.11 Å². The maximum absolute atomic E-state index is 11.7. The third-order valence-corrected chi connectivity index (χ3v) is 5.01. The average molecular weight is 433 g/mol. The second kappa shape index (κ2) is 8.97. The summed E-state index contributed by atoms with van der Waals surface area (Å²) >= 11 is 0. The van der Waals surface area contributed by atoms with E-state index in [-0.39, 0.29) is 6.61 Å². The molecule has 164 valence electrons. The largest absolute Gasteiger partial charge is 0.486 e. The number of benzene rings is 2. The first-order valence-corrected chi connectivity index (χ1v) is 9.94. The third kappa shape index (κ3) is 4.34. The van der Waals surface area contributed by atoms with Gasteiger partial charge in [0.1, 0.15) is 23.9 Å². The Hall–Kier alpha value is -4.07. The zero-order valence-electron chi connectivity index (χ0n) is 18.3. The first-order chi connectivity index (χ1) is 15.5. The number of rotatable bonds is 7. The Morgan fingerprint density at radius 1 is 1.00 bits per heavy atom. The van der Waals surface area contributed by atoms with Crippen LogP contribution in [0.5, 0.6) is 23.3 Å². The number of ether oxygens (including phenoxy) is 4. The Morgan fingerprint density at radius 3 is 2.62 bits per heavy atom. The van der Waals surface area contributed by atoms with Gasteiger partial charge < -0.3 is 23.5 Å². The Bertz CT molecular complexity index is 1280. The summed E-state index contributed by atoms with van der Waals surface area (Å²) in [5.41, 5.74) is 3.07. The van der Waals surface area contributed by atoms with E-state index < -0.39 is 5.97 Å². The first kappa shape index (κ1) is 21.2. The molecule has 32 heavy (non-hydrogen) atoms. The molecule has 2 aromatic heterocycles. The van der Waals surface area contributed by atoms with Crippen LogP contribution < -0.4 is 14.2 Å². The van der Waals surface area contributed by atoms with E-state index in [4.69, 9.17) is 18.9 Å². The lowest BCUT2D eigenvalue weighted by molar-refractivity contribution is 0.0600. The molecule has 0 aliphatic carbocycles. The predicted octanol–water partition coefficient (Wildman–Crippen LogP) is 4.44. The molecular formula is C24H23N3O5. The molecule has 0 bridgehead atoms. The van der Waals surface area contributed by atoms with E-state index in [1.54, 1.807) is 37.4 Å². The van der Waals surface area contributed by atoms with Crippen molar-refractivity contribution in [1.29, 1.82) is 0 Å². The smallest absolute Gasteiger partial charge is 0.337 e. The van der Waals surface area contributed by atoms with Crippen molar-refractivity contribution < 1.29 is 23.7 Å². The molecule has 0 N–H and O–H groups in total. The monoisotopic (exact) mass is 433 g/mol. The lowest BCUT2D eigenvalue weighted by Crippen LogP contribution is -2.05. The normalized spacial score (nSPS) is 10.8. The molecule has 0 fully saturated rings. The molecule has 0 saturated carbocycles. The molecule has 0 radical (unpaired) electrons. The summed E-state index contributed by atoms with van der Waals surface area (Å²) in [7, 11) is 4.84. The number of nitrogens with zero attached hydrogens (tertiary/aromatic N) is 3. The van der Waals surface area contributed by atoms with Gasteiger partial charge in [-0.2, -0.15) is 4.98 Å². The molecule has 8 nitrogen and oxygen atoms in total. The first-order valence-electron chi connectivity index (χ1n) is 9.94. The number of aromatic nitrogens is 3. The number of aryl methyl sites for hydroxylation is 2. The third-order valence-electron chi connectivity index (χ3n) is 5.01. The van der Waals surface area contributed by atoms with Crippen LogP contribution in [0.2, 0.25) is 0 Å². The van der Waals surface area contributed by atoms with Gasteiger partial charge in [0.15, 0.2) is 0 Å². The minimum atomic E-state index is -0.411. The fourth-order valence-electron chi connectivity index (χ4n) is 3.27. The number of pyridine rings is 1. The Morgan fingerprint density at radius 2 is 1.84 bits per heavy atom. The molecule has 4 aromatic rings. The summed E-state index contributed by atoms with van der Waals surface area (Å²) in [5.74, 6) is 2.49. The summed E-state index contributed by atoms with van der Waals surface area (Å²) in [6, 6.07) is 16.2. The highest BCUT2D eigenvalue weighted by Crippen LogP contribution is 2.27. The Kier molecular flexibility index (Phi) is 5.93. The minimum Gasteiger partial charge on any atom is -0.486 e. The fraction of sp³-hybridized carbons (Fsp3) is 0.208. The van der Waals surface area contributed by atoms with Crippen molar-refractivity contribution in [2.45, 2.75) is 13.5 Å². The van der Waals surface area contributed by atoms with E-state index in [0.717, 1.165) is 22.4 Å². The van der Waals surface area contributed by atoms with Gasteiger partial charge in [0.05, 0.1) is 30.8 Å². The highest BCUT2D eigenvalue weighted by Gasteiger charge is 2.12. The minimum absolute atomic E-state index is 0.239. The van der Waals surface area contributed by atoms with Crippen molar-refractivity contribution in [2.75, 3.05) is 14.2 Å². The molecule has 0 aliphatic rings. The maximum atomic E-state index is 11.7. The zero-order chi connectivity index (χ0) is 22.7. The summed E-state index contributed by atoms with van der Waals surface area (Å²) in [5, 5.41) is 0. The van der Waals surface area contributed by atoms with Gasteiger partial charge in [-0.15, -0.1) is 0 Å². The van der Waals surface area contributed by atoms with Gasteiger partial charge in [-0.1, -0.05) is 6.07 Å². The number of fused-ring (bicyclic) bond motifs is 1. The number of carbonyl (C=O) groups excluding carboxylic acids is 1. The van der Waals surface area contributed by atoms with Crippen LogP contribution in [0.15, 0.2) is 54.6 Å². The van der Waals surface area contributed by atoms with Crippen LogP contribution in [0.4, 0.5) is 0 Å². The quantitative estimate of drug-likeness (QED) is 0.398. The highest BCUT2D eigenvalue weighted by molar-refractivity contribution is 5.89. The molecule has 0 amide bonds. The topological polar surface area (TPSA) is 84.7 Å². The number of imidazole rings is 1. The van der Waals surface area contributed by atoms with E-state index in [0.29, 0.717) is 28.8 Å². The number of esters is 1. The van der Waals surface area contributed by atoms with Gasteiger partial charge in [0.25, 0.3) is 0 Å². The van der Waals surface area contributed by atoms with Crippen LogP contribution >= 0.6 is 0 Å². The Labute approximate surface area is 185 Å². The average Bonchev–Trinajstić information content (AvgIpc) is 3.13. The number of methoxy groups -OCH3 is 2. The van der Waals surface area contributed by atoms with E-state index in [2.05, 4.69) is 9.97 Å². The second-order valence-corrected chi connectivity index (χ2v) is 7.12. The molecule has 0 saturated heterocycles. The van der Waals surface area contributed by atoms with Gasteiger partial charge >= 0.3 is 5.97 Å². The number of hydrogen-bond donors (Lipinski definition) is 0.